The summed E-state index contributed by atoms with van der Waals surface area (Å²) >= 11 is -0.556. The molecule has 0 bridgehead atoms. The van der Waals surface area contributed by atoms with Crippen LogP contribution in [0.2, 0.25) is 0 Å². The Morgan fingerprint density at radius 2 is 1.54 bits per heavy atom. The molecule has 3 aromatic rings. The van der Waals surface area contributed by atoms with E-state index in [2.05, 4.69) is 54.6 Å². The van der Waals surface area contributed by atoms with Crippen LogP contribution in [-0.2, 0) is 23.6 Å². The van der Waals surface area contributed by atoms with Gasteiger partial charge in [0.25, 0.3) is 0 Å². The van der Waals surface area contributed by atoms with Gasteiger partial charge in [0.1, 0.15) is 0 Å². The van der Waals surface area contributed by atoms with Gasteiger partial charge in [-0.25, -0.2) is 0 Å². The van der Waals surface area contributed by atoms with Gasteiger partial charge in [0.15, 0.2) is 0 Å². The van der Waals surface area contributed by atoms with Gasteiger partial charge in [0, 0.05) is 5.92 Å². The Bertz CT molecular complexity index is 792. The van der Waals surface area contributed by atoms with Crippen molar-refractivity contribution in [3.05, 3.63) is 113 Å². The summed E-state index contributed by atoms with van der Waals surface area (Å²) < 4.78 is 0. The summed E-state index contributed by atoms with van der Waals surface area (Å²) in [5.41, 5.74) is 4.94. The van der Waals surface area contributed by atoms with E-state index in [1.54, 1.807) is 0 Å². The molecule has 3 aromatic carbocycles. The van der Waals surface area contributed by atoms with Crippen molar-refractivity contribution in [3.8, 4) is 0 Å². The second-order valence-electron chi connectivity index (χ2n) is 5.50. The van der Waals surface area contributed by atoms with Crippen LogP contribution in [0.25, 0.3) is 6.08 Å². The normalized spacial score (nSPS) is 13.6. The second-order valence-corrected chi connectivity index (χ2v) is 8.08. The number of fused-ring (bicyclic) bond motifs is 1. The molecule has 0 aliphatic heterocycles. The van der Waals surface area contributed by atoms with E-state index in [1.165, 1.54) is 16.7 Å². The Kier molecular flexibility index (Phi) is 9.77. The van der Waals surface area contributed by atoms with Crippen molar-refractivity contribution in [2.45, 2.75) is 12.5 Å². The van der Waals surface area contributed by atoms with Gasteiger partial charge in [-0.3, -0.25) is 0 Å². The fourth-order valence-corrected chi connectivity index (χ4v) is 2.70. The fourth-order valence-electron chi connectivity index (χ4n) is 2.70. The predicted octanol–water partition coefficient (Wildman–Crippen LogP) is 6.20. The van der Waals surface area contributed by atoms with Gasteiger partial charge in [0.2, 0.25) is 0 Å². The van der Waals surface area contributed by atoms with Crippen LogP contribution >= 0.6 is 18.6 Å². The zero-order valence-electron chi connectivity index (χ0n) is 14.1. The molecular weight excluding hydrogens is 399 g/mol. The van der Waals surface area contributed by atoms with Gasteiger partial charge >= 0.3 is 35.6 Å². The van der Waals surface area contributed by atoms with E-state index in [0.29, 0.717) is 5.92 Å². The SMILES string of the molecule is OCc1ccccc1.[Cl][Ti][Cl].[c-]1ccccc1C1C=Cc2ccccc21. The van der Waals surface area contributed by atoms with Crippen LogP contribution in [-0.4, -0.2) is 5.11 Å². The Morgan fingerprint density at radius 1 is 0.885 bits per heavy atom. The average Bonchev–Trinajstić information content (AvgIpc) is 3.15. The number of hydrogen-bond donors (Lipinski definition) is 1. The Labute approximate surface area is 172 Å². The molecule has 1 aliphatic carbocycles. The Balaban J connectivity index is 0.000000187. The van der Waals surface area contributed by atoms with E-state index in [4.69, 9.17) is 23.7 Å². The molecule has 4 heteroatoms. The summed E-state index contributed by atoms with van der Waals surface area (Å²) in [7, 11) is 9.78. The molecule has 0 amide bonds. The van der Waals surface area contributed by atoms with Crippen LogP contribution < -0.4 is 0 Å². The fraction of sp³-hybridized carbons (Fsp3) is 0.0909. The number of rotatable bonds is 2. The third kappa shape index (κ3) is 6.43. The molecule has 1 atom stereocenters. The molecule has 1 nitrogen and oxygen atoms in total. The average molecular weight is 418 g/mol. The van der Waals surface area contributed by atoms with Crippen LogP contribution in [0.1, 0.15) is 28.2 Å². The van der Waals surface area contributed by atoms with Crippen LogP contribution in [0.3, 0.4) is 0 Å². The van der Waals surface area contributed by atoms with E-state index in [9.17, 15) is 0 Å². The molecular formula is C22H19Cl2OTi-. The zero-order chi connectivity index (χ0) is 18.6. The van der Waals surface area contributed by atoms with Crippen LogP contribution in [0.5, 0.6) is 0 Å². The largest absolute Gasteiger partial charge is 0.179 e. The van der Waals surface area contributed by atoms with Crippen molar-refractivity contribution in [3.63, 3.8) is 0 Å². The number of aliphatic hydroxyl groups is 1. The molecule has 0 saturated carbocycles. The van der Waals surface area contributed by atoms with Crippen molar-refractivity contribution in [1.82, 2.24) is 0 Å². The van der Waals surface area contributed by atoms with Gasteiger partial charge < -0.3 is 5.11 Å². The van der Waals surface area contributed by atoms with E-state index in [0.717, 1.165) is 5.56 Å². The first kappa shape index (κ1) is 21.0. The number of halogens is 2. The summed E-state index contributed by atoms with van der Waals surface area (Å²) in [6.07, 6.45) is 4.44. The van der Waals surface area contributed by atoms with Gasteiger partial charge in [-0.15, -0.1) is 0 Å². The van der Waals surface area contributed by atoms with Crippen molar-refractivity contribution in [1.29, 1.82) is 0 Å². The van der Waals surface area contributed by atoms with Crippen molar-refractivity contribution in [2.75, 3.05) is 0 Å². The third-order valence-electron chi connectivity index (χ3n) is 3.89. The first-order valence-electron chi connectivity index (χ1n) is 8.15. The molecule has 1 unspecified atom stereocenters. The second kappa shape index (κ2) is 12.1. The van der Waals surface area contributed by atoms with E-state index < -0.39 is 17.0 Å². The first-order chi connectivity index (χ1) is 12.8. The number of aliphatic hydroxyl groups excluding tert-OH is 1. The number of allylic oxidation sites excluding steroid dienone is 1. The molecule has 0 fully saturated rings. The molecule has 1 aliphatic rings. The minimum atomic E-state index is -0.556. The quantitative estimate of drug-likeness (QED) is 0.388. The van der Waals surface area contributed by atoms with Gasteiger partial charge in [-0.2, -0.15) is 35.9 Å². The maximum atomic E-state index is 8.54. The predicted molar refractivity (Wildman–Crippen MR) is 107 cm³/mol. The minimum Gasteiger partial charge on any atom is -0.179 e. The molecule has 26 heavy (non-hydrogen) atoms. The van der Waals surface area contributed by atoms with E-state index >= 15 is 0 Å². The standard InChI is InChI=1S/C15H11.C7H8O.2ClH.Ti/c1-2-6-12(7-3-1)15-11-10-13-8-4-5-9-14(13)15;8-6-7-4-2-1-3-5-7;;;/h1-6,8-11,15H;1-5,8H,6H2;2*1H;/q-1;;;;+2/p-2. The molecule has 0 aromatic heterocycles. The zero-order valence-corrected chi connectivity index (χ0v) is 17.2. The van der Waals surface area contributed by atoms with Crippen LogP contribution in [0.15, 0.2) is 84.9 Å². The monoisotopic (exact) mass is 417 g/mol. The number of benzene rings is 3. The van der Waals surface area contributed by atoms with Crippen molar-refractivity contribution >= 4 is 24.7 Å². The molecule has 1 N–H and O–H groups in total. The summed E-state index contributed by atoms with van der Waals surface area (Å²) in [6.45, 7) is 0.140. The molecule has 0 saturated heterocycles. The molecule has 0 radical (unpaired) electrons. The third-order valence-corrected chi connectivity index (χ3v) is 3.89. The van der Waals surface area contributed by atoms with E-state index in [1.807, 2.05) is 42.5 Å². The van der Waals surface area contributed by atoms with Gasteiger partial charge in [0.05, 0.1) is 6.61 Å². The summed E-state index contributed by atoms with van der Waals surface area (Å²) in [5.74, 6) is 0.391. The summed E-state index contributed by atoms with van der Waals surface area (Å²) in [6, 6.07) is 29.6. The van der Waals surface area contributed by atoms with Crippen molar-refractivity contribution < 1.29 is 22.1 Å². The molecule has 0 spiro atoms. The summed E-state index contributed by atoms with van der Waals surface area (Å²) in [5, 5.41) is 8.54. The molecule has 0 heterocycles. The van der Waals surface area contributed by atoms with Gasteiger partial charge in [-0.1, -0.05) is 66.7 Å². The minimum absolute atomic E-state index is 0.140. The maximum absolute atomic E-state index is 8.54. The maximum Gasteiger partial charge on any atom is 0.00525 e. The smallest absolute Gasteiger partial charge is 0.00525 e. The van der Waals surface area contributed by atoms with Crippen LogP contribution in [0, 0.1) is 6.07 Å². The Morgan fingerprint density at radius 3 is 2.15 bits per heavy atom. The Hall–Kier alpha value is -1.35. The molecule has 4 rings (SSSR count). The first-order valence-corrected chi connectivity index (χ1v) is 12.4. The van der Waals surface area contributed by atoms with Crippen molar-refractivity contribution in [2.24, 2.45) is 0 Å². The number of hydrogen-bond acceptors (Lipinski definition) is 1. The topological polar surface area (TPSA) is 20.2 Å². The van der Waals surface area contributed by atoms with Gasteiger partial charge in [-0.05, 0) is 16.7 Å². The van der Waals surface area contributed by atoms with E-state index in [-0.39, 0.29) is 6.61 Å². The molecule has 132 valence electrons. The summed E-state index contributed by atoms with van der Waals surface area (Å²) in [4.78, 5) is 0. The van der Waals surface area contributed by atoms with Crippen LogP contribution in [0.4, 0.5) is 0 Å².